The van der Waals surface area contributed by atoms with Crippen LogP contribution < -0.4 is 10.6 Å². The molecule has 0 aromatic carbocycles. The molecule has 0 atom stereocenters. The maximum absolute atomic E-state index is 5.97. The molecule has 0 spiro atoms. The lowest BCUT2D eigenvalue weighted by Gasteiger charge is -2.26. The second kappa shape index (κ2) is 5.45. The largest absolute Gasteiger partial charge is 0.342 e. The zero-order chi connectivity index (χ0) is 13.1. The Kier molecular flexibility index (Phi) is 4.46. The third-order valence-corrected chi connectivity index (χ3v) is 2.32. The fourth-order valence-electron chi connectivity index (χ4n) is 1.80. The highest BCUT2D eigenvalue weighted by Crippen LogP contribution is 2.11. The van der Waals surface area contributed by atoms with Crippen molar-refractivity contribution < 1.29 is 0 Å². The lowest BCUT2D eigenvalue weighted by Crippen LogP contribution is -2.44. The highest BCUT2D eigenvalue weighted by atomic mass is 15.2. The smallest absolute Gasteiger partial charge is 0.225 e. The number of rotatable bonds is 5. The van der Waals surface area contributed by atoms with Gasteiger partial charge in [0.1, 0.15) is 0 Å². The maximum atomic E-state index is 5.97. The molecule has 0 saturated carbocycles. The van der Waals surface area contributed by atoms with Crippen LogP contribution in [0.5, 0.6) is 0 Å². The summed E-state index contributed by atoms with van der Waals surface area (Å²) in [5.74, 6) is 1.36. The molecular formula is C13H24N4. The van der Waals surface area contributed by atoms with Gasteiger partial charge in [0, 0.05) is 31.5 Å². The Bertz CT molecular complexity index is 337. The number of anilines is 1. The summed E-state index contributed by atoms with van der Waals surface area (Å²) in [5, 5.41) is 0. The van der Waals surface area contributed by atoms with Crippen molar-refractivity contribution >= 4 is 5.95 Å². The van der Waals surface area contributed by atoms with Gasteiger partial charge < -0.3 is 10.6 Å². The monoisotopic (exact) mass is 236 g/mol. The van der Waals surface area contributed by atoms with Crippen molar-refractivity contribution in [3.8, 4) is 0 Å². The molecule has 1 aromatic rings. The highest BCUT2D eigenvalue weighted by molar-refractivity contribution is 5.29. The summed E-state index contributed by atoms with van der Waals surface area (Å²) in [7, 11) is 1.96. The van der Waals surface area contributed by atoms with Gasteiger partial charge in [0.25, 0.3) is 0 Å². The first-order valence-electron chi connectivity index (χ1n) is 6.09. The molecule has 0 saturated heterocycles. The van der Waals surface area contributed by atoms with E-state index in [1.165, 1.54) is 5.56 Å². The average molecular weight is 236 g/mol. The van der Waals surface area contributed by atoms with E-state index in [-0.39, 0.29) is 5.54 Å². The number of aromatic nitrogens is 2. The van der Waals surface area contributed by atoms with Gasteiger partial charge in [0.15, 0.2) is 0 Å². The van der Waals surface area contributed by atoms with Crippen molar-refractivity contribution in [3.63, 3.8) is 0 Å². The lowest BCUT2D eigenvalue weighted by atomic mass is 10.1. The summed E-state index contributed by atoms with van der Waals surface area (Å²) in [6, 6.07) is 0. The van der Waals surface area contributed by atoms with E-state index in [2.05, 4.69) is 23.8 Å². The second-order valence-electron chi connectivity index (χ2n) is 5.83. The van der Waals surface area contributed by atoms with Crippen LogP contribution in [0.4, 0.5) is 5.95 Å². The Balaban J connectivity index is 2.67. The highest BCUT2D eigenvalue weighted by Gasteiger charge is 2.15. The summed E-state index contributed by atoms with van der Waals surface area (Å²) in [6.45, 7) is 9.11. The Morgan fingerprint density at radius 3 is 2.24 bits per heavy atom. The van der Waals surface area contributed by atoms with Crippen LogP contribution in [-0.2, 0) is 6.42 Å². The normalized spacial score (nSPS) is 11.9. The van der Waals surface area contributed by atoms with Gasteiger partial charge in [0.05, 0.1) is 0 Å². The fourth-order valence-corrected chi connectivity index (χ4v) is 1.80. The number of likely N-dealkylation sites (N-methyl/N-ethyl adjacent to an activating group) is 1. The van der Waals surface area contributed by atoms with Crippen LogP contribution >= 0.6 is 0 Å². The van der Waals surface area contributed by atoms with Gasteiger partial charge in [-0.05, 0) is 31.7 Å². The van der Waals surface area contributed by atoms with Crippen molar-refractivity contribution in [1.82, 2.24) is 9.97 Å². The molecule has 0 amide bonds. The molecule has 0 aliphatic carbocycles. The van der Waals surface area contributed by atoms with E-state index in [1.807, 2.05) is 38.2 Å². The van der Waals surface area contributed by atoms with Gasteiger partial charge in [0.2, 0.25) is 5.95 Å². The quantitative estimate of drug-likeness (QED) is 0.847. The van der Waals surface area contributed by atoms with Gasteiger partial charge in [-0.25, -0.2) is 9.97 Å². The SMILES string of the molecule is CC(C)Cc1cnc(N(C)CC(C)(C)N)nc1. The molecule has 0 bridgehead atoms. The lowest BCUT2D eigenvalue weighted by molar-refractivity contribution is 0.515. The summed E-state index contributed by atoms with van der Waals surface area (Å²) >= 11 is 0. The molecule has 0 aliphatic heterocycles. The van der Waals surface area contributed by atoms with E-state index in [4.69, 9.17) is 5.73 Å². The zero-order valence-electron chi connectivity index (χ0n) is 11.6. The van der Waals surface area contributed by atoms with Crippen molar-refractivity contribution in [3.05, 3.63) is 18.0 Å². The maximum Gasteiger partial charge on any atom is 0.225 e. The Morgan fingerprint density at radius 1 is 1.29 bits per heavy atom. The van der Waals surface area contributed by atoms with Gasteiger partial charge in [-0.2, -0.15) is 0 Å². The minimum absolute atomic E-state index is 0.241. The number of hydrogen-bond donors (Lipinski definition) is 1. The molecule has 2 N–H and O–H groups in total. The Morgan fingerprint density at radius 2 is 1.82 bits per heavy atom. The Hall–Kier alpha value is -1.16. The van der Waals surface area contributed by atoms with E-state index >= 15 is 0 Å². The van der Waals surface area contributed by atoms with Gasteiger partial charge in [-0.1, -0.05) is 13.8 Å². The van der Waals surface area contributed by atoms with Gasteiger partial charge in [-0.3, -0.25) is 0 Å². The molecule has 0 fully saturated rings. The number of hydrogen-bond acceptors (Lipinski definition) is 4. The second-order valence-corrected chi connectivity index (χ2v) is 5.83. The minimum Gasteiger partial charge on any atom is -0.342 e. The predicted molar refractivity (Wildman–Crippen MR) is 72.1 cm³/mol. The molecule has 96 valence electrons. The standard InChI is InChI=1S/C13H24N4/c1-10(2)6-11-7-15-12(16-8-11)17(5)9-13(3,4)14/h7-8,10H,6,9,14H2,1-5H3. The van der Waals surface area contributed by atoms with Gasteiger partial charge >= 0.3 is 0 Å². The van der Waals surface area contributed by atoms with E-state index in [0.717, 1.165) is 18.9 Å². The van der Waals surface area contributed by atoms with E-state index < -0.39 is 0 Å². The van der Waals surface area contributed by atoms with Crippen LogP contribution in [-0.4, -0.2) is 29.1 Å². The van der Waals surface area contributed by atoms with Gasteiger partial charge in [-0.15, -0.1) is 0 Å². The van der Waals surface area contributed by atoms with Crippen molar-refractivity contribution in [2.75, 3.05) is 18.5 Å². The van der Waals surface area contributed by atoms with E-state index in [1.54, 1.807) is 0 Å². The minimum atomic E-state index is -0.241. The average Bonchev–Trinajstić information content (AvgIpc) is 2.15. The van der Waals surface area contributed by atoms with E-state index in [9.17, 15) is 0 Å². The molecule has 1 heterocycles. The van der Waals surface area contributed by atoms with Crippen molar-refractivity contribution in [1.29, 1.82) is 0 Å². The summed E-state index contributed by atoms with van der Waals surface area (Å²) in [4.78, 5) is 10.7. The molecular weight excluding hydrogens is 212 g/mol. The van der Waals surface area contributed by atoms with Crippen molar-refractivity contribution in [2.24, 2.45) is 11.7 Å². The zero-order valence-corrected chi connectivity index (χ0v) is 11.6. The third kappa shape index (κ3) is 5.13. The predicted octanol–water partition coefficient (Wildman–Crippen LogP) is 1.85. The van der Waals surface area contributed by atoms with E-state index in [0.29, 0.717) is 5.92 Å². The number of nitrogens with zero attached hydrogens (tertiary/aromatic N) is 3. The molecule has 0 radical (unpaired) electrons. The van der Waals surface area contributed by atoms with Crippen LogP contribution in [0.25, 0.3) is 0 Å². The van der Waals surface area contributed by atoms with Crippen LogP contribution in [0.1, 0.15) is 33.3 Å². The third-order valence-electron chi connectivity index (χ3n) is 2.32. The van der Waals surface area contributed by atoms with Crippen LogP contribution in [0.15, 0.2) is 12.4 Å². The summed E-state index contributed by atoms with van der Waals surface area (Å²) < 4.78 is 0. The summed E-state index contributed by atoms with van der Waals surface area (Å²) in [5.41, 5.74) is 6.92. The van der Waals surface area contributed by atoms with Crippen LogP contribution in [0, 0.1) is 5.92 Å². The first-order valence-corrected chi connectivity index (χ1v) is 6.09. The molecule has 4 heteroatoms. The molecule has 1 rings (SSSR count). The first-order chi connectivity index (χ1) is 7.78. The molecule has 0 aliphatic rings. The molecule has 0 unspecified atom stereocenters. The molecule has 17 heavy (non-hydrogen) atoms. The Labute approximate surface area is 104 Å². The first kappa shape index (κ1) is 13.9. The van der Waals surface area contributed by atoms with Crippen LogP contribution in [0.3, 0.4) is 0 Å². The van der Waals surface area contributed by atoms with Crippen molar-refractivity contribution in [2.45, 2.75) is 39.7 Å². The topological polar surface area (TPSA) is 55.0 Å². The molecule has 1 aromatic heterocycles. The van der Waals surface area contributed by atoms with Crippen LogP contribution in [0.2, 0.25) is 0 Å². The molecule has 4 nitrogen and oxygen atoms in total. The summed E-state index contributed by atoms with van der Waals surface area (Å²) in [6.07, 6.45) is 4.83. The fraction of sp³-hybridized carbons (Fsp3) is 0.692. The number of nitrogens with two attached hydrogens (primary N) is 1.